The fraction of sp³-hybridized carbons (Fsp3) is 0.259. The lowest BCUT2D eigenvalue weighted by atomic mass is 9.90. The maximum Gasteiger partial charge on any atom is 0.346 e. The monoisotopic (exact) mass is 543 g/mol. The number of aromatic nitrogens is 7. The molecule has 2 aromatic carbocycles. The van der Waals surface area contributed by atoms with Crippen LogP contribution in [0.2, 0.25) is 5.28 Å². The minimum atomic E-state index is -0.282. The van der Waals surface area contributed by atoms with E-state index in [2.05, 4.69) is 20.1 Å². The van der Waals surface area contributed by atoms with Gasteiger partial charge in [-0.25, -0.2) is 24.4 Å². The second kappa shape index (κ2) is 10.3. The maximum absolute atomic E-state index is 12.9. The molecule has 0 spiro atoms. The third kappa shape index (κ3) is 4.88. The number of fused-ring (bicyclic) bond motifs is 1. The van der Waals surface area contributed by atoms with Crippen LogP contribution in [0, 0.1) is 0 Å². The first-order chi connectivity index (χ1) is 19.0. The molecule has 1 fully saturated rings. The van der Waals surface area contributed by atoms with E-state index < -0.39 is 0 Å². The molecule has 0 bridgehead atoms. The van der Waals surface area contributed by atoms with Gasteiger partial charge < -0.3 is 15.4 Å². The summed E-state index contributed by atoms with van der Waals surface area (Å²) in [6.45, 7) is 0. The van der Waals surface area contributed by atoms with Crippen molar-refractivity contribution in [3.05, 3.63) is 72.5 Å². The number of carbonyl (C=O) groups is 1. The van der Waals surface area contributed by atoms with Crippen molar-refractivity contribution >= 4 is 34.5 Å². The van der Waals surface area contributed by atoms with E-state index in [1.54, 1.807) is 11.9 Å². The van der Waals surface area contributed by atoms with Gasteiger partial charge in [0.1, 0.15) is 35.7 Å². The second-order valence-corrected chi connectivity index (χ2v) is 9.85. The number of para-hydroxylation sites is 1. The second-order valence-electron chi connectivity index (χ2n) is 9.52. The molecular weight excluding hydrogens is 518 g/mol. The summed E-state index contributed by atoms with van der Waals surface area (Å²) in [4.78, 5) is 27.3. The van der Waals surface area contributed by atoms with Crippen molar-refractivity contribution < 1.29 is 9.53 Å². The number of halogens is 1. The van der Waals surface area contributed by atoms with Crippen LogP contribution in [0.25, 0.3) is 22.3 Å². The highest BCUT2D eigenvalue weighted by atomic mass is 35.5. The number of nitrogens with two attached hydrogens (primary N) is 1. The Hall–Kier alpha value is -4.51. The van der Waals surface area contributed by atoms with Crippen molar-refractivity contribution in [2.75, 3.05) is 12.8 Å². The number of nitrogen functional groups attached to an aromatic ring is 1. The van der Waals surface area contributed by atoms with E-state index in [0.29, 0.717) is 29.0 Å². The zero-order valence-corrected chi connectivity index (χ0v) is 21.9. The number of carbonyl (C=O) groups excluding carboxylic acids is 1. The molecule has 2 N–H and O–H groups in total. The molecule has 1 saturated carbocycles. The third-order valence-electron chi connectivity index (χ3n) is 7.10. The maximum atomic E-state index is 12.9. The summed E-state index contributed by atoms with van der Waals surface area (Å²) < 4.78 is 9.04. The Bertz CT molecular complexity index is 1620. The van der Waals surface area contributed by atoms with Crippen LogP contribution < -0.4 is 10.5 Å². The van der Waals surface area contributed by atoms with Crippen LogP contribution in [-0.4, -0.2) is 58.5 Å². The molecule has 1 aliphatic carbocycles. The van der Waals surface area contributed by atoms with Crippen molar-refractivity contribution in [2.24, 2.45) is 0 Å². The van der Waals surface area contributed by atoms with Gasteiger partial charge in [0, 0.05) is 18.7 Å². The number of rotatable bonds is 5. The van der Waals surface area contributed by atoms with Crippen LogP contribution in [-0.2, 0) is 0 Å². The van der Waals surface area contributed by atoms with Crippen LogP contribution in [0.1, 0.15) is 31.7 Å². The number of nitrogens with zero attached hydrogens (tertiary/aromatic N) is 8. The highest BCUT2D eigenvalue weighted by Crippen LogP contribution is 2.37. The van der Waals surface area contributed by atoms with Crippen LogP contribution in [0.3, 0.4) is 0 Å². The van der Waals surface area contributed by atoms with Crippen molar-refractivity contribution in [1.29, 1.82) is 0 Å². The molecule has 39 heavy (non-hydrogen) atoms. The van der Waals surface area contributed by atoms with E-state index in [1.165, 1.54) is 12.7 Å². The average molecular weight is 544 g/mol. The third-order valence-corrected chi connectivity index (χ3v) is 7.27. The van der Waals surface area contributed by atoms with Gasteiger partial charge in [-0.1, -0.05) is 18.2 Å². The van der Waals surface area contributed by atoms with Gasteiger partial charge in [-0.05, 0) is 73.7 Å². The molecule has 2 atom stereocenters. The van der Waals surface area contributed by atoms with Crippen LogP contribution in [0.5, 0.6) is 11.5 Å². The largest absolute Gasteiger partial charge is 0.457 e. The van der Waals surface area contributed by atoms with E-state index in [4.69, 9.17) is 27.2 Å². The van der Waals surface area contributed by atoms with Gasteiger partial charge in [0.15, 0.2) is 5.65 Å². The van der Waals surface area contributed by atoms with Crippen molar-refractivity contribution in [3.8, 4) is 22.8 Å². The van der Waals surface area contributed by atoms with E-state index >= 15 is 0 Å². The highest BCUT2D eigenvalue weighted by Gasteiger charge is 2.32. The summed E-state index contributed by atoms with van der Waals surface area (Å²) in [6, 6.07) is 17.1. The first-order valence-corrected chi connectivity index (χ1v) is 13.0. The number of hydrogen-bond donors (Lipinski definition) is 1. The molecule has 1 aliphatic rings. The lowest BCUT2D eigenvalue weighted by Crippen LogP contribution is -2.42. The van der Waals surface area contributed by atoms with Gasteiger partial charge in [0.05, 0.1) is 11.4 Å². The van der Waals surface area contributed by atoms with Crippen LogP contribution in [0.4, 0.5) is 10.6 Å². The Labute approximate surface area is 229 Å². The lowest BCUT2D eigenvalue weighted by Gasteiger charge is -2.35. The normalized spacial score (nSPS) is 17.3. The molecule has 3 aromatic heterocycles. The Morgan fingerprint density at radius 1 is 1.03 bits per heavy atom. The smallest absolute Gasteiger partial charge is 0.346 e. The SMILES string of the molecule is CN(C(=O)n1cnc(Cl)n1)C1CCCC(n2nc(-c3ccc(Oc4ccccc4)cc3)c3c(N)ncnc32)C1. The quantitative estimate of drug-likeness (QED) is 0.320. The summed E-state index contributed by atoms with van der Waals surface area (Å²) in [5.41, 5.74) is 8.60. The van der Waals surface area contributed by atoms with Gasteiger partial charge in [-0.2, -0.15) is 9.78 Å². The number of hydrogen-bond acceptors (Lipinski definition) is 8. The summed E-state index contributed by atoms with van der Waals surface area (Å²) in [5.74, 6) is 1.85. The Kier molecular flexibility index (Phi) is 6.57. The van der Waals surface area contributed by atoms with Crippen molar-refractivity contribution in [2.45, 2.75) is 37.8 Å². The van der Waals surface area contributed by atoms with Crippen LogP contribution >= 0.6 is 11.6 Å². The molecule has 6 rings (SSSR count). The van der Waals surface area contributed by atoms with E-state index in [1.807, 2.05) is 59.3 Å². The fourth-order valence-corrected chi connectivity index (χ4v) is 5.25. The topological polar surface area (TPSA) is 130 Å². The molecule has 1 amide bonds. The molecule has 2 unspecified atom stereocenters. The van der Waals surface area contributed by atoms with E-state index in [-0.39, 0.29) is 23.4 Å². The number of ether oxygens (including phenoxy) is 1. The van der Waals surface area contributed by atoms with Gasteiger partial charge in [0.2, 0.25) is 5.28 Å². The summed E-state index contributed by atoms with van der Waals surface area (Å²) >= 11 is 5.81. The summed E-state index contributed by atoms with van der Waals surface area (Å²) in [6.07, 6.45) is 6.18. The standard InChI is InChI=1S/C27H26ClN9O2/c1-35(27(38)36-16-32-26(28)34-36)18-6-5-7-19(14-18)37-25-22(24(29)30-15-31-25)23(33-37)17-10-12-21(13-11-17)39-20-8-3-2-4-9-20/h2-4,8-13,15-16,18-19H,5-7,14H2,1H3,(H2,29,30,31). The molecule has 0 saturated heterocycles. The molecule has 0 aliphatic heterocycles. The van der Waals surface area contributed by atoms with Crippen LogP contribution in [0.15, 0.2) is 67.3 Å². The van der Waals surface area contributed by atoms with Crippen molar-refractivity contribution in [1.82, 2.24) is 39.4 Å². The molecule has 12 heteroatoms. The predicted molar refractivity (Wildman–Crippen MR) is 147 cm³/mol. The minimum absolute atomic E-state index is 0.0180. The van der Waals surface area contributed by atoms with Gasteiger partial charge in [-0.3, -0.25) is 0 Å². The van der Waals surface area contributed by atoms with E-state index in [0.717, 1.165) is 41.0 Å². The molecule has 198 valence electrons. The Morgan fingerprint density at radius 2 is 1.79 bits per heavy atom. The van der Waals surface area contributed by atoms with Gasteiger partial charge in [-0.15, -0.1) is 5.10 Å². The number of benzene rings is 2. The zero-order chi connectivity index (χ0) is 26.9. The Balaban J connectivity index is 1.29. The van der Waals surface area contributed by atoms with E-state index in [9.17, 15) is 4.79 Å². The first-order valence-electron chi connectivity index (χ1n) is 12.6. The number of anilines is 1. The average Bonchev–Trinajstić information content (AvgIpc) is 3.58. The fourth-order valence-electron chi connectivity index (χ4n) is 5.12. The summed E-state index contributed by atoms with van der Waals surface area (Å²) in [5, 5.41) is 9.69. The van der Waals surface area contributed by atoms with Gasteiger partial charge >= 0.3 is 6.03 Å². The minimum Gasteiger partial charge on any atom is -0.457 e. The molecule has 0 radical (unpaired) electrons. The summed E-state index contributed by atoms with van der Waals surface area (Å²) in [7, 11) is 1.77. The zero-order valence-electron chi connectivity index (χ0n) is 21.2. The first kappa shape index (κ1) is 24.8. The van der Waals surface area contributed by atoms with Gasteiger partial charge in [0.25, 0.3) is 0 Å². The molecule has 3 heterocycles. The highest BCUT2D eigenvalue weighted by molar-refractivity contribution is 6.28. The predicted octanol–water partition coefficient (Wildman–Crippen LogP) is 5.20. The molecule has 11 nitrogen and oxygen atoms in total. The number of amides is 1. The van der Waals surface area contributed by atoms with Crippen molar-refractivity contribution in [3.63, 3.8) is 0 Å². The Morgan fingerprint density at radius 3 is 2.54 bits per heavy atom. The molecular formula is C27H26ClN9O2. The lowest BCUT2D eigenvalue weighted by molar-refractivity contribution is 0.155. The molecule has 5 aromatic rings.